The lowest BCUT2D eigenvalue weighted by Crippen LogP contribution is -2.37. The molecule has 0 atom stereocenters. The Morgan fingerprint density at radius 3 is 2.13 bits per heavy atom. The van der Waals surface area contributed by atoms with Gasteiger partial charge in [-0.3, -0.25) is 13.9 Å². The van der Waals surface area contributed by atoms with Crippen LogP contribution in [0.2, 0.25) is 0 Å². The van der Waals surface area contributed by atoms with Crippen molar-refractivity contribution in [1.82, 2.24) is 9.21 Å². The van der Waals surface area contributed by atoms with Gasteiger partial charge in [0, 0.05) is 39.8 Å². The van der Waals surface area contributed by atoms with Crippen molar-refractivity contribution in [3.05, 3.63) is 59.7 Å². The molecule has 0 saturated carbocycles. The van der Waals surface area contributed by atoms with Crippen LogP contribution in [-0.4, -0.2) is 63.7 Å². The predicted molar refractivity (Wildman–Crippen MR) is 122 cm³/mol. The fraction of sp³-hybridized carbons (Fsp3) is 0.364. The smallest absolute Gasteiger partial charge is 0.303 e. The fourth-order valence-electron chi connectivity index (χ4n) is 3.44. The van der Waals surface area contributed by atoms with Gasteiger partial charge in [0.25, 0.3) is 11.8 Å². The van der Waals surface area contributed by atoms with Gasteiger partial charge in [-0.25, -0.2) is 0 Å². The monoisotopic (exact) mass is 444 g/mol. The van der Waals surface area contributed by atoms with E-state index in [4.69, 9.17) is 0 Å². The summed E-state index contributed by atoms with van der Waals surface area (Å²) < 4.78 is 26.8. The van der Waals surface area contributed by atoms with Gasteiger partial charge in [0.15, 0.2) is 0 Å². The molecule has 1 N–H and O–H groups in total. The molecule has 0 unspecified atom stereocenters. The fourth-order valence-corrected chi connectivity index (χ4v) is 4.32. The average molecular weight is 445 g/mol. The number of hydrogen-bond donors (Lipinski definition) is 1. The molecule has 3 rings (SSSR count). The first kappa shape index (κ1) is 22.8. The number of amides is 2. The van der Waals surface area contributed by atoms with Crippen molar-refractivity contribution >= 4 is 33.4 Å². The molecular formula is C22H28N4O4S. The second-order valence-corrected chi connectivity index (χ2v) is 9.83. The van der Waals surface area contributed by atoms with Gasteiger partial charge in [-0.2, -0.15) is 12.7 Å². The molecule has 0 aliphatic carbocycles. The first-order valence-electron chi connectivity index (χ1n) is 10.2. The third kappa shape index (κ3) is 5.05. The van der Waals surface area contributed by atoms with Gasteiger partial charge in [0.05, 0.1) is 16.9 Å². The molecule has 8 nitrogen and oxygen atoms in total. The van der Waals surface area contributed by atoms with Gasteiger partial charge in [0.1, 0.15) is 0 Å². The van der Waals surface area contributed by atoms with Crippen LogP contribution < -0.4 is 9.62 Å². The average Bonchev–Trinajstić information content (AvgIpc) is 2.79. The van der Waals surface area contributed by atoms with E-state index in [1.807, 2.05) is 4.90 Å². The molecule has 1 aliphatic rings. The third-order valence-electron chi connectivity index (χ3n) is 5.35. The van der Waals surface area contributed by atoms with Crippen LogP contribution in [-0.2, 0) is 10.2 Å². The highest BCUT2D eigenvalue weighted by atomic mass is 32.2. The summed E-state index contributed by atoms with van der Waals surface area (Å²) in [6, 6.07) is 13.2. The molecule has 0 radical (unpaired) electrons. The number of rotatable bonds is 6. The normalized spacial score (nSPS) is 14.4. The second-order valence-electron chi connectivity index (χ2n) is 7.66. The van der Waals surface area contributed by atoms with Gasteiger partial charge < -0.3 is 10.2 Å². The largest absolute Gasteiger partial charge is 0.339 e. The summed E-state index contributed by atoms with van der Waals surface area (Å²) in [6.45, 7) is 1.46. The molecule has 166 valence electrons. The Balaban J connectivity index is 1.76. The Hall–Kier alpha value is -2.91. The molecule has 2 aromatic carbocycles. The van der Waals surface area contributed by atoms with Crippen molar-refractivity contribution in [3.63, 3.8) is 0 Å². The van der Waals surface area contributed by atoms with E-state index in [2.05, 4.69) is 5.32 Å². The van der Waals surface area contributed by atoms with Crippen LogP contribution in [0, 0.1) is 0 Å². The van der Waals surface area contributed by atoms with Crippen LogP contribution in [0.15, 0.2) is 48.5 Å². The van der Waals surface area contributed by atoms with Gasteiger partial charge in [-0.1, -0.05) is 12.1 Å². The van der Waals surface area contributed by atoms with Crippen molar-refractivity contribution in [3.8, 4) is 0 Å². The maximum Gasteiger partial charge on any atom is 0.303 e. The minimum absolute atomic E-state index is 0.0820. The number of piperidine rings is 1. The lowest BCUT2D eigenvalue weighted by Gasteiger charge is -2.27. The van der Waals surface area contributed by atoms with Gasteiger partial charge in [0.2, 0.25) is 0 Å². The summed E-state index contributed by atoms with van der Waals surface area (Å²) in [5.74, 6) is -0.454. The van der Waals surface area contributed by atoms with E-state index < -0.39 is 10.2 Å². The summed E-state index contributed by atoms with van der Waals surface area (Å²) >= 11 is 0. The van der Waals surface area contributed by atoms with Crippen LogP contribution in [0.4, 0.5) is 11.4 Å². The zero-order chi connectivity index (χ0) is 22.6. The number of likely N-dealkylation sites (tertiary alicyclic amines) is 1. The zero-order valence-electron chi connectivity index (χ0n) is 18.0. The molecule has 0 bridgehead atoms. The Labute approximate surface area is 183 Å². The van der Waals surface area contributed by atoms with Gasteiger partial charge in [-0.05, 0) is 55.7 Å². The first-order valence-corrected chi connectivity index (χ1v) is 11.6. The van der Waals surface area contributed by atoms with E-state index in [9.17, 15) is 18.0 Å². The van der Waals surface area contributed by atoms with Crippen LogP contribution in [0.25, 0.3) is 0 Å². The minimum Gasteiger partial charge on any atom is -0.339 e. The van der Waals surface area contributed by atoms with E-state index in [0.717, 1.165) is 41.0 Å². The van der Waals surface area contributed by atoms with Crippen molar-refractivity contribution in [2.45, 2.75) is 19.3 Å². The summed E-state index contributed by atoms with van der Waals surface area (Å²) in [7, 11) is 0.747. The van der Waals surface area contributed by atoms with Crippen molar-refractivity contribution in [2.75, 3.05) is 43.9 Å². The Kier molecular flexibility index (Phi) is 6.97. The zero-order valence-corrected chi connectivity index (χ0v) is 18.9. The summed E-state index contributed by atoms with van der Waals surface area (Å²) in [4.78, 5) is 27.5. The molecule has 1 fully saturated rings. The number of anilines is 2. The summed E-state index contributed by atoms with van der Waals surface area (Å²) in [5.41, 5.74) is 1.72. The number of nitrogens with zero attached hydrogens (tertiary/aromatic N) is 3. The quantitative estimate of drug-likeness (QED) is 0.742. The van der Waals surface area contributed by atoms with E-state index in [0.29, 0.717) is 22.5 Å². The Morgan fingerprint density at radius 1 is 0.903 bits per heavy atom. The molecule has 0 spiro atoms. The number of carbonyl (C=O) groups excluding carboxylic acids is 2. The molecule has 1 aliphatic heterocycles. The Bertz CT molecular complexity index is 1050. The first-order chi connectivity index (χ1) is 14.7. The minimum atomic E-state index is -3.61. The van der Waals surface area contributed by atoms with Gasteiger partial charge in [-0.15, -0.1) is 0 Å². The molecular weight excluding hydrogens is 416 g/mol. The SMILES string of the molecule is CN(C)S(=O)(=O)N(C)c1ccc(C(=O)Nc2ccccc2C(=O)N2CCCCC2)cc1. The van der Waals surface area contributed by atoms with E-state index >= 15 is 0 Å². The highest BCUT2D eigenvalue weighted by Crippen LogP contribution is 2.22. The van der Waals surface area contributed by atoms with E-state index in [-0.39, 0.29) is 11.8 Å². The number of hydrogen-bond acceptors (Lipinski definition) is 4. The molecule has 1 saturated heterocycles. The van der Waals surface area contributed by atoms with Gasteiger partial charge >= 0.3 is 10.2 Å². The lowest BCUT2D eigenvalue weighted by atomic mass is 10.1. The molecule has 2 amide bonds. The van der Waals surface area contributed by atoms with Crippen molar-refractivity contribution in [1.29, 1.82) is 0 Å². The number of para-hydroxylation sites is 1. The number of benzene rings is 2. The van der Waals surface area contributed by atoms with E-state index in [1.54, 1.807) is 48.5 Å². The maximum absolute atomic E-state index is 12.9. The Morgan fingerprint density at radius 2 is 1.52 bits per heavy atom. The van der Waals surface area contributed by atoms with Crippen molar-refractivity contribution < 1.29 is 18.0 Å². The van der Waals surface area contributed by atoms with E-state index in [1.165, 1.54) is 21.1 Å². The van der Waals surface area contributed by atoms with Crippen LogP contribution in [0.3, 0.4) is 0 Å². The standard InChI is InChI=1S/C22H28N4O4S/c1-24(2)31(29,30)25(3)18-13-11-17(12-14-18)21(27)23-20-10-6-5-9-19(20)22(28)26-15-7-4-8-16-26/h5-6,9-14H,4,7-8,15-16H2,1-3H3,(H,23,27). The summed E-state index contributed by atoms with van der Waals surface area (Å²) in [5, 5.41) is 2.82. The summed E-state index contributed by atoms with van der Waals surface area (Å²) in [6.07, 6.45) is 3.11. The van der Waals surface area contributed by atoms with Crippen LogP contribution in [0.1, 0.15) is 40.0 Å². The highest BCUT2D eigenvalue weighted by molar-refractivity contribution is 7.90. The molecule has 1 heterocycles. The van der Waals surface area contributed by atoms with Crippen LogP contribution >= 0.6 is 0 Å². The third-order valence-corrected chi connectivity index (χ3v) is 7.18. The number of carbonyl (C=O) groups is 2. The highest BCUT2D eigenvalue weighted by Gasteiger charge is 2.23. The number of nitrogens with one attached hydrogen (secondary N) is 1. The molecule has 2 aromatic rings. The second kappa shape index (κ2) is 9.49. The molecule has 0 aromatic heterocycles. The van der Waals surface area contributed by atoms with Crippen molar-refractivity contribution in [2.24, 2.45) is 0 Å². The predicted octanol–water partition coefficient (Wildman–Crippen LogP) is 2.81. The lowest BCUT2D eigenvalue weighted by molar-refractivity contribution is 0.0725. The molecule has 31 heavy (non-hydrogen) atoms. The topological polar surface area (TPSA) is 90.0 Å². The van der Waals surface area contributed by atoms with Crippen LogP contribution in [0.5, 0.6) is 0 Å². The molecule has 9 heteroatoms. The maximum atomic E-state index is 12.9.